The van der Waals surface area contributed by atoms with Gasteiger partial charge in [-0.25, -0.2) is 13.2 Å². The minimum absolute atomic E-state index is 0.232. The summed E-state index contributed by atoms with van der Waals surface area (Å²) in [4.78, 5) is 0. The molecule has 0 bridgehead atoms. The van der Waals surface area contributed by atoms with Crippen molar-refractivity contribution in [1.82, 2.24) is 0 Å². The highest BCUT2D eigenvalue weighted by Gasteiger charge is 2.25. The van der Waals surface area contributed by atoms with Crippen LogP contribution in [-0.2, 0) is 15.9 Å². The largest absolute Gasteiger partial charge is 0.348 e. The van der Waals surface area contributed by atoms with Crippen molar-refractivity contribution in [2.24, 2.45) is 5.92 Å². The lowest BCUT2D eigenvalue weighted by Crippen LogP contribution is -2.27. The third-order valence-corrected chi connectivity index (χ3v) is 8.19. The average Bonchev–Trinajstić information content (AvgIpc) is 3.01. The second kappa shape index (κ2) is 16.7. The van der Waals surface area contributed by atoms with Crippen molar-refractivity contribution in [3.05, 3.63) is 95.3 Å². The summed E-state index contributed by atoms with van der Waals surface area (Å²) in [6.07, 6.45) is 15.3. The number of unbranched alkanes of at least 4 members (excludes halogenated alkanes) is 7. The monoisotopic (exact) mass is 578 g/mol. The summed E-state index contributed by atoms with van der Waals surface area (Å²) in [6.45, 7) is 5.30. The van der Waals surface area contributed by atoms with Gasteiger partial charge in [-0.2, -0.15) is 0 Å². The van der Waals surface area contributed by atoms with Gasteiger partial charge in [-0.3, -0.25) is 0 Å². The summed E-state index contributed by atoms with van der Waals surface area (Å²) < 4.78 is 56.7. The molecule has 0 radical (unpaired) electrons. The van der Waals surface area contributed by atoms with Crippen LogP contribution in [0.1, 0.15) is 95.5 Å². The van der Waals surface area contributed by atoms with Crippen molar-refractivity contribution in [2.75, 3.05) is 13.2 Å². The number of hydrogen-bond acceptors (Lipinski definition) is 2. The van der Waals surface area contributed by atoms with Crippen LogP contribution in [0.5, 0.6) is 0 Å². The normalized spacial score (nSPS) is 17.3. The van der Waals surface area contributed by atoms with Gasteiger partial charge in [0.15, 0.2) is 17.9 Å². The number of allylic oxidation sites excluding steroid dienone is 2. The van der Waals surface area contributed by atoms with Crippen LogP contribution >= 0.6 is 0 Å². The highest BCUT2D eigenvalue weighted by Crippen LogP contribution is 2.33. The van der Waals surface area contributed by atoms with E-state index in [1.54, 1.807) is 42.5 Å². The molecule has 2 nitrogen and oxygen atoms in total. The van der Waals surface area contributed by atoms with Crippen molar-refractivity contribution in [3.8, 4) is 22.3 Å². The predicted octanol–water partition coefficient (Wildman–Crippen LogP) is 11.1. The fourth-order valence-electron chi connectivity index (χ4n) is 5.58. The third kappa shape index (κ3) is 8.81. The van der Waals surface area contributed by atoms with E-state index in [1.165, 1.54) is 38.2 Å². The van der Waals surface area contributed by atoms with Crippen LogP contribution < -0.4 is 0 Å². The van der Waals surface area contributed by atoms with Gasteiger partial charge in [0.2, 0.25) is 0 Å². The van der Waals surface area contributed by atoms with E-state index in [2.05, 4.69) is 13.0 Å². The molecule has 0 unspecified atom stereocenters. The summed E-state index contributed by atoms with van der Waals surface area (Å²) in [6, 6.07) is 15.5. The lowest BCUT2D eigenvalue weighted by atomic mass is 9.97. The molecule has 1 heterocycles. The van der Waals surface area contributed by atoms with E-state index in [4.69, 9.17) is 9.47 Å². The Bertz CT molecular complexity index is 1280. The van der Waals surface area contributed by atoms with Crippen LogP contribution in [0.3, 0.4) is 0 Å². The number of aryl methyl sites for hydroxylation is 1. The maximum Gasteiger partial charge on any atom is 0.186 e. The summed E-state index contributed by atoms with van der Waals surface area (Å²) in [5.74, 6) is -1.66. The average molecular weight is 579 g/mol. The van der Waals surface area contributed by atoms with E-state index in [9.17, 15) is 4.39 Å². The zero-order chi connectivity index (χ0) is 29.7. The van der Waals surface area contributed by atoms with Crippen LogP contribution in [0.4, 0.5) is 13.2 Å². The van der Waals surface area contributed by atoms with Crippen molar-refractivity contribution in [3.63, 3.8) is 0 Å². The van der Waals surface area contributed by atoms with Gasteiger partial charge in [0.1, 0.15) is 5.82 Å². The molecule has 0 amide bonds. The fraction of sp³-hybridized carbons (Fsp3) is 0.459. The van der Waals surface area contributed by atoms with Gasteiger partial charge < -0.3 is 9.47 Å². The molecule has 1 aliphatic heterocycles. The molecule has 0 atom stereocenters. The first-order chi connectivity index (χ1) is 20.5. The molecule has 1 aliphatic rings. The van der Waals surface area contributed by atoms with Gasteiger partial charge in [0.05, 0.1) is 13.2 Å². The lowest BCUT2D eigenvalue weighted by molar-refractivity contribution is -0.207. The van der Waals surface area contributed by atoms with E-state index in [0.717, 1.165) is 37.7 Å². The summed E-state index contributed by atoms with van der Waals surface area (Å²) in [7, 11) is 0. The van der Waals surface area contributed by atoms with E-state index < -0.39 is 23.7 Å². The van der Waals surface area contributed by atoms with Gasteiger partial charge >= 0.3 is 0 Å². The number of rotatable bonds is 15. The van der Waals surface area contributed by atoms with Gasteiger partial charge in [-0.15, -0.1) is 0 Å². The summed E-state index contributed by atoms with van der Waals surface area (Å²) >= 11 is 0. The Balaban J connectivity index is 1.33. The van der Waals surface area contributed by atoms with Crippen LogP contribution in [0.15, 0.2) is 66.7 Å². The second-order valence-corrected chi connectivity index (χ2v) is 11.4. The molecule has 0 saturated carbocycles. The second-order valence-electron chi connectivity index (χ2n) is 11.4. The Labute approximate surface area is 250 Å². The zero-order valence-electron chi connectivity index (χ0n) is 25.1. The van der Waals surface area contributed by atoms with Crippen LogP contribution in [0.2, 0.25) is 0 Å². The molecule has 4 rings (SSSR count). The molecule has 42 heavy (non-hydrogen) atoms. The van der Waals surface area contributed by atoms with Gasteiger partial charge in [0.25, 0.3) is 0 Å². The number of benzene rings is 3. The van der Waals surface area contributed by atoms with Gasteiger partial charge in [-0.05, 0) is 60.9 Å². The minimum Gasteiger partial charge on any atom is -0.348 e. The molecule has 5 heteroatoms. The first-order valence-electron chi connectivity index (χ1n) is 15.7. The standard InChI is InChI=1S/C37H45F3O2/c1-3-5-7-8-9-10-11-13-15-30-20-22-32(36(40)35(30)39)29-18-16-28(17-19-29)31-21-23-33(34(38)24-31)37-41-25-27(26-42-37)14-12-6-4-2/h4,6,16-24,27,37H,3,5,7-15,25-26H2,1-2H3. The number of halogens is 3. The molecular formula is C37H45F3O2. The zero-order valence-corrected chi connectivity index (χ0v) is 25.1. The van der Waals surface area contributed by atoms with Crippen molar-refractivity contribution in [1.29, 1.82) is 0 Å². The van der Waals surface area contributed by atoms with Crippen molar-refractivity contribution < 1.29 is 22.6 Å². The Morgan fingerprint density at radius 2 is 1.38 bits per heavy atom. The molecule has 0 spiro atoms. The Kier molecular flexibility index (Phi) is 12.7. The SMILES string of the molecule is CC=CCCC1COC(c2ccc(-c3ccc(-c4ccc(CCCCCCCCCC)c(F)c4F)cc3)cc2F)OC1. The first-order valence-corrected chi connectivity index (χ1v) is 15.7. The smallest absolute Gasteiger partial charge is 0.186 e. The minimum atomic E-state index is -0.813. The lowest BCUT2D eigenvalue weighted by Gasteiger charge is -2.29. The molecule has 226 valence electrons. The van der Waals surface area contributed by atoms with Crippen LogP contribution in [0, 0.1) is 23.4 Å². The molecule has 3 aromatic rings. The molecule has 0 aliphatic carbocycles. The van der Waals surface area contributed by atoms with Crippen LogP contribution in [0.25, 0.3) is 22.3 Å². The Morgan fingerprint density at radius 3 is 2.05 bits per heavy atom. The Morgan fingerprint density at radius 1 is 0.738 bits per heavy atom. The topological polar surface area (TPSA) is 18.5 Å². The van der Waals surface area contributed by atoms with Crippen molar-refractivity contribution in [2.45, 2.75) is 90.8 Å². The Hall–Kier alpha value is -2.89. The van der Waals surface area contributed by atoms with E-state index >= 15 is 8.78 Å². The van der Waals surface area contributed by atoms with Gasteiger partial charge in [0, 0.05) is 17.0 Å². The summed E-state index contributed by atoms with van der Waals surface area (Å²) in [5, 5.41) is 0. The molecule has 0 aromatic heterocycles. The highest BCUT2D eigenvalue weighted by molar-refractivity contribution is 5.71. The summed E-state index contributed by atoms with van der Waals surface area (Å²) in [5.41, 5.74) is 3.10. The van der Waals surface area contributed by atoms with Crippen LogP contribution in [-0.4, -0.2) is 13.2 Å². The molecular weight excluding hydrogens is 533 g/mol. The number of ether oxygens (including phenoxy) is 2. The molecule has 1 fully saturated rings. The maximum atomic E-state index is 15.1. The van der Waals surface area contributed by atoms with E-state index in [-0.39, 0.29) is 5.56 Å². The van der Waals surface area contributed by atoms with E-state index in [1.807, 2.05) is 19.1 Å². The van der Waals surface area contributed by atoms with E-state index in [0.29, 0.717) is 47.8 Å². The molecule has 1 saturated heterocycles. The molecule has 3 aromatic carbocycles. The third-order valence-electron chi connectivity index (χ3n) is 8.19. The fourth-order valence-corrected chi connectivity index (χ4v) is 5.58. The quantitative estimate of drug-likeness (QED) is 0.132. The maximum absolute atomic E-state index is 15.1. The van der Waals surface area contributed by atoms with Gasteiger partial charge in [-0.1, -0.05) is 113 Å². The molecule has 0 N–H and O–H groups in total. The number of hydrogen-bond donors (Lipinski definition) is 0. The predicted molar refractivity (Wildman–Crippen MR) is 166 cm³/mol. The van der Waals surface area contributed by atoms with Crippen molar-refractivity contribution >= 4 is 0 Å². The first kappa shape index (κ1) is 32.0. The highest BCUT2D eigenvalue weighted by atomic mass is 19.2.